The third kappa shape index (κ3) is 5.27. The number of hydrogen-bond donors (Lipinski definition) is 1. The van der Waals surface area contributed by atoms with Crippen molar-refractivity contribution in [1.29, 1.82) is 0 Å². The second-order valence-electron chi connectivity index (χ2n) is 6.12. The van der Waals surface area contributed by atoms with Crippen LogP contribution in [0, 0.1) is 6.92 Å². The van der Waals surface area contributed by atoms with Crippen molar-refractivity contribution < 1.29 is 4.74 Å². The highest BCUT2D eigenvalue weighted by Gasteiger charge is 2.30. The summed E-state index contributed by atoms with van der Waals surface area (Å²) in [6, 6.07) is 0.638. The van der Waals surface area contributed by atoms with Crippen LogP contribution in [-0.4, -0.2) is 79.8 Å². The van der Waals surface area contributed by atoms with Crippen LogP contribution in [0.1, 0.15) is 17.1 Å². The Morgan fingerprint density at radius 2 is 2.21 bits per heavy atom. The highest BCUT2D eigenvalue weighted by molar-refractivity contribution is 14.0. The van der Waals surface area contributed by atoms with Crippen LogP contribution in [0.5, 0.6) is 0 Å². The Hall–Kier alpha value is -0.450. The van der Waals surface area contributed by atoms with Crippen LogP contribution >= 0.6 is 35.3 Å². The molecule has 2 saturated heterocycles. The van der Waals surface area contributed by atoms with Crippen molar-refractivity contribution in [1.82, 2.24) is 20.1 Å². The Bertz CT molecular complexity index is 532. The topological polar surface area (TPSA) is 53.0 Å². The Kier molecular flexibility index (Phi) is 8.18. The Morgan fingerprint density at radius 1 is 1.42 bits per heavy atom. The van der Waals surface area contributed by atoms with Gasteiger partial charge in [0.25, 0.3) is 0 Å². The van der Waals surface area contributed by atoms with E-state index in [9.17, 15) is 0 Å². The molecule has 0 radical (unpaired) electrons. The fourth-order valence-electron chi connectivity index (χ4n) is 3.33. The van der Waals surface area contributed by atoms with Gasteiger partial charge in [-0.15, -0.1) is 35.3 Å². The van der Waals surface area contributed by atoms with Gasteiger partial charge in [-0.3, -0.25) is 9.89 Å². The molecule has 3 rings (SSSR count). The summed E-state index contributed by atoms with van der Waals surface area (Å²) in [5, 5.41) is 6.77. The maximum Gasteiger partial charge on any atom is 0.193 e. The minimum atomic E-state index is 0. The van der Waals surface area contributed by atoms with Gasteiger partial charge in [-0.25, -0.2) is 4.98 Å². The summed E-state index contributed by atoms with van der Waals surface area (Å²) in [6.07, 6.45) is 2.16. The molecule has 1 aromatic heterocycles. The van der Waals surface area contributed by atoms with E-state index in [0.29, 0.717) is 6.04 Å². The molecule has 0 amide bonds. The third-order valence-corrected chi connectivity index (χ3v) is 5.39. The van der Waals surface area contributed by atoms with Gasteiger partial charge >= 0.3 is 0 Å². The van der Waals surface area contributed by atoms with Crippen molar-refractivity contribution in [2.45, 2.75) is 25.8 Å². The fourth-order valence-corrected chi connectivity index (χ4v) is 3.98. The van der Waals surface area contributed by atoms with E-state index in [4.69, 9.17) is 4.74 Å². The Labute approximate surface area is 165 Å². The summed E-state index contributed by atoms with van der Waals surface area (Å²) < 4.78 is 5.46. The maximum atomic E-state index is 5.46. The van der Waals surface area contributed by atoms with Gasteiger partial charge in [0, 0.05) is 57.6 Å². The summed E-state index contributed by atoms with van der Waals surface area (Å²) in [6.45, 7) is 8.95. The summed E-state index contributed by atoms with van der Waals surface area (Å²) in [5.41, 5.74) is 1.17. The number of ether oxygens (including phenoxy) is 1. The lowest BCUT2D eigenvalue weighted by Crippen LogP contribution is -2.46. The van der Waals surface area contributed by atoms with Crippen LogP contribution in [0.15, 0.2) is 10.4 Å². The number of rotatable bonds is 4. The first-order valence-electron chi connectivity index (χ1n) is 8.44. The number of nitrogens with zero attached hydrogens (tertiary/aromatic N) is 4. The minimum Gasteiger partial charge on any atom is -0.379 e. The molecular weight excluding hydrogens is 437 g/mol. The molecule has 1 aromatic rings. The van der Waals surface area contributed by atoms with Gasteiger partial charge in [0.2, 0.25) is 0 Å². The maximum absolute atomic E-state index is 5.46. The highest BCUT2D eigenvalue weighted by atomic mass is 127. The van der Waals surface area contributed by atoms with Gasteiger partial charge in [0.1, 0.15) is 0 Å². The molecular formula is C16H28IN5OS. The number of guanidine groups is 1. The molecule has 2 fully saturated rings. The summed E-state index contributed by atoms with van der Waals surface area (Å²) in [5.74, 6) is 1.02. The molecule has 8 heteroatoms. The van der Waals surface area contributed by atoms with E-state index in [-0.39, 0.29) is 24.0 Å². The van der Waals surface area contributed by atoms with E-state index >= 15 is 0 Å². The average molecular weight is 465 g/mol. The smallest absolute Gasteiger partial charge is 0.193 e. The van der Waals surface area contributed by atoms with E-state index in [1.807, 2.05) is 7.05 Å². The van der Waals surface area contributed by atoms with Crippen LogP contribution in [-0.2, 0) is 11.2 Å². The van der Waals surface area contributed by atoms with Gasteiger partial charge in [-0.2, -0.15) is 0 Å². The molecule has 2 aliphatic rings. The van der Waals surface area contributed by atoms with Crippen molar-refractivity contribution in [2.24, 2.45) is 4.99 Å². The van der Waals surface area contributed by atoms with Crippen molar-refractivity contribution in [3.8, 4) is 0 Å². The first kappa shape index (κ1) is 19.9. The number of halogens is 1. The lowest BCUT2D eigenvalue weighted by atomic mass is 10.2. The molecule has 1 atom stereocenters. The lowest BCUT2D eigenvalue weighted by molar-refractivity contribution is 0.0195. The molecule has 3 heterocycles. The number of nitrogens with one attached hydrogen (secondary N) is 1. The monoisotopic (exact) mass is 465 g/mol. The average Bonchev–Trinajstić information content (AvgIpc) is 3.22. The van der Waals surface area contributed by atoms with Crippen LogP contribution in [0.3, 0.4) is 0 Å². The zero-order chi connectivity index (χ0) is 16.1. The van der Waals surface area contributed by atoms with E-state index in [2.05, 4.69) is 37.4 Å². The molecule has 0 aromatic carbocycles. The number of morpholine rings is 1. The van der Waals surface area contributed by atoms with Gasteiger partial charge in [0.15, 0.2) is 5.96 Å². The number of aryl methyl sites for hydroxylation is 1. The number of thiazole rings is 1. The second kappa shape index (κ2) is 9.88. The van der Waals surface area contributed by atoms with Gasteiger partial charge in [0.05, 0.1) is 23.9 Å². The van der Waals surface area contributed by atoms with E-state index in [0.717, 1.165) is 63.3 Å². The zero-order valence-corrected chi connectivity index (χ0v) is 17.7. The molecule has 0 aliphatic carbocycles. The standard InChI is InChI=1S/C16H27N5OS.HI/c1-13-19-14(12-23-13)3-5-18-16(17-2)21-6-4-15(11-21)20-7-9-22-10-8-20;/h12,15H,3-11H2,1-2H3,(H,17,18);1H. The third-order valence-electron chi connectivity index (χ3n) is 4.57. The van der Waals surface area contributed by atoms with E-state index < -0.39 is 0 Å². The molecule has 1 unspecified atom stereocenters. The molecule has 6 nitrogen and oxygen atoms in total. The molecule has 24 heavy (non-hydrogen) atoms. The second-order valence-corrected chi connectivity index (χ2v) is 7.18. The van der Waals surface area contributed by atoms with E-state index in [1.165, 1.54) is 12.1 Å². The van der Waals surface area contributed by atoms with Crippen LogP contribution in [0.2, 0.25) is 0 Å². The Balaban J connectivity index is 0.00000208. The highest BCUT2D eigenvalue weighted by Crippen LogP contribution is 2.17. The largest absolute Gasteiger partial charge is 0.379 e. The molecule has 0 saturated carbocycles. The predicted octanol–water partition coefficient (Wildman–Crippen LogP) is 1.59. The normalized spacial score (nSPS) is 22.5. The number of hydrogen-bond acceptors (Lipinski definition) is 5. The van der Waals surface area contributed by atoms with Crippen molar-refractivity contribution in [2.75, 3.05) is 53.0 Å². The minimum absolute atomic E-state index is 0. The SMILES string of the molecule is CN=C(NCCc1csc(C)n1)N1CCC(N2CCOCC2)C1.I. The van der Waals surface area contributed by atoms with Gasteiger partial charge < -0.3 is 15.0 Å². The summed E-state index contributed by atoms with van der Waals surface area (Å²) in [7, 11) is 1.87. The van der Waals surface area contributed by atoms with Gasteiger partial charge in [-0.1, -0.05) is 0 Å². The fraction of sp³-hybridized carbons (Fsp3) is 0.750. The summed E-state index contributed by atoms with van der Waals surface area (Å²) >= 11 is 1.72. The number of aliphatic imine (C=N–C) groups is 1. The van der Waals surface area contributed by atoms with Crippen LogP contribution < -0.4 is 5.32 Å². The molecule has 0 bridgehead atoms. The van der Waals surface area contributed by atoms with Crippen molar-refractivity contribution >= 4 is 41.3 Å². The van der Waals surface area contributed by atoms with Crippen molar-refractivity contribution in [3.05, 3.63) is 16.1 Å². The molecule has 136 valence electrons. The Morgan fingerprint density at radius 3 is 2.88 bits per heavy atom. The van der Waals surface area contributed by atoms with Crippen molar-refractivity contribution in [3.63, 3.8) is 0 Å². The zero-order valence-electron chi connectivity index (χ0n) is 14.5. The van der Waals surface area contributed by atoms with Crippen LogP contribution in [0.25, 0.3) is 0 Å². The molecule has 0 spiro atoms. The quantitative estimate of drug-likeness (QED) is 0.416. The first-order chi connectivity index (χ1) is 11.3. The first-order valence-corrected chi connectivity index (χ1v) is 9.32. The lowest BCUT2D eigenvalue weighted by Gasteiger charge is -2.32. The molecule has 2 aliphatic heterocycles. The number of aromatic nitrogens is 1. The van der Waals surface area contributed by atoms with Crippen LogP contribution in [0.4, 0.5) is 0 Å². The van der Waals surface area contributed by atoms with Gasteiger partial charge in [-0.05, 0) is 13.3 Å². The number of likely N-dealkylation sites (tertiary alicyclic amines) is 1. The summed E-state index contributed by atoms with van der Waals surface area (Å²) in [4.78, 5) is 13.9. The predicted molar refractivity (Wildman–Crippen MR) is 110 cm³/mol. The van der Waals surface area contributed by atoms with E-state index in [1.54, 1.807) is 11.3 Å². The molecule has 1 N–H and O–H groups in total.